The van der Waals surface area contributed by atoms with Gasteiger partial charge in [0.2, 0.25) is 5.95 Å². The number of aromatic nitrogens is 1. The van der Waals surface area contributed by atoms with Gasteiger partial charge in [-0.1, -0.05) is 0 Å². The molecule has 0 atom stereocenters. The number of hydrogen-bond donors (Lipinski definition) is 1. The first-order valence-electron chi connectivity index (χ1n) is 5.37. The van der Waals surface area contributed by atoms with Gasteiger partial charge < -0.3 is 10.0 Å². The zero-order chi connectivity index (χ0) is 13.9. The summed E-state index contributed by atoms with van der Waals surface area (Å²) in [5, 5.41) is 8.82. The molecule has 1 rings (SSSR count). The molecule has 18 heavy (non-hydrogen) atoms. The number of carboxylic acid groups (broad SMARTS) is 1. The van der Waals surface area contributed by atoms with E-state index in [4.69, 9.17) is 5.11 Å². The second-order valence-corrected chi connectivity index (χ2v) is 4.83. The molecule has 1 amide bonds. The van der Waals surface area contributed by atoms with E-state index in [-0.39, 0.29) is 5.56 Å². The van der Waals surface area contributed by atoms with Crippen molar-refractivity contribution in [3.63, 3.8) is 0 Å². The van der Waals surface area contributed by atoms with Crippen LogP contribution in [0, 0.1) is 5.95 Å². The summed E-state index contributed by atoms with van der Waals surface area (Å²) in [7, 11) is 0. The Morgan fingerprint density at radius 1 is 1.39 bits per heavy atom. The number of pyridine rings is 1. The number of carbonyl (C=O) groups excluding carboxylic acids is 1. The van der Waals surface area contributed by atoms with Crippen molar-refractivity contribution >= 4 is 11.9 Å². The molecule has 0 saturated carbocycles. The monoisotopic (exact) mass is 254 g/mol. The van der Waals surface area contributed by atoms with Gasteiger partial charge in [-0.15, -0.1) is 0 Å². The van der Waals surface area contributed by atoms with Crippen molar-refractivity contribution in [2.24, 2.45) is 0 Å². The molecular weight excluding hydrogens is 239 g/mol. The first-order valence-corrected chi connectivity index (χ1v) is 5.37. The Morgan fingerprint density at radius 3 is 2.39 bits per heavy atom. The maximum absolute atomic E-state index is 12.7. The highest BCUT2D eigenvalue weighted by molar-refractivity contribution is 5.96. The highest BCUT2D eigenvalue weighted by Gasteiger charge is 2.29. The maximum Gasteiger partial charge on any atom is 0.323 e. The lowest BCUT2D eigenvalue weighted by atomic mass is 10.0. The summed E-state index contributed by atoms with van der Waals surface area (Å²) in [6.07, 6.45) is 1.10. The molecule has 0 aliphatic carbocycles. The first-order chi connectivity index (χ1) is 8.21. The molecule has 98 valence electrons. The van der Waals surface area contributed by atoms with Crippen LogP contribution in [-0.4, -0.2) is 39.0 Å². The highest BCUT2D eigenvalue weighted by atomic mass is 19.1. The van der Waals surface area contributed by atoms with Crippen molar-refractivity contribution in [1.82, 2.24) is 9.88 Å². The van der Waals surface area contributed by atoms with Crippen LogP contribution in [0.15, 0.2) is 18.3 Å². The molecule has 1 heterocycles. The fourth-order valence-corrected chi connectivity index (χ4v) is 1.41. The van der Waals surface area contributed by atoms with Crippen LogP contribution in [0.5, 0.6) is 0 Å². The van der Waals surface area contributed by atoms with E-state index in [1.807, 2.05) is 0 Å². The van der Waals surface area contributed by atoms with Crippen molar-refractivity contribution in [3.8, 4) is 0 Å². The molecule has 6 heteroatoms. The third kappa shape index (κ3) is 3.51. The molecule has 1 aromatic rings. The predicted octanol–water partition coefficient (Wildman–Crippen LogP) is 1.55. The Hall–Kier alpha value is -1.98. The SMILES string of the molecule is CC(C)(C)N(CC(=O)O)C(=O)c1ccc(F)nc1. The summed E-state index contributed by atoms with van der Waals surface area (Å²) in [4.78, 5) is 27.5. The fraction of sp³-hybridized carbons (Fsp3) is 0.417. The molecule has 0 unspecified atom stereocenters. The van der Waals surface area contributed by atoms with E-state index in [0.717, 1.165) is 12.3 Å². The summed E-state index contributed by atoms with van der Waals surface area (Å²) in [5.41, 5.74) is -0.489. The summed E-state index contributed by atoms with van der Waals surface area (Å²) in [6, 6.07) is 2.35. The average molecular weight is 254 g/mol. The highest BCUT2D eigenvalue weighted by Crippen LogP contribution is 2.16. The van der Waals surface area contributed by atoms with Gasteiger partial charge in [0.15, 0.2) is 0 Å². The van der Waals surface area contributed by atoms with Crippen LogP contribution in [0.25, 0.3) is 0 Å². The van der Waals surface area contributed by atoms with E-state index in [2.05, 4.69) is 4.98 Å². The van der Waals surface area contributed by atoms with Gasteiger partial charge in [0, 0.05) is 11.7 Å². The van der Waals surface area contributed by atoms with Crippen molar-refractivity contribution in [1.29, 1.82) is 0 Å². The van der Waals surface area contributed by atoms with E-state index >= 15 is 0 Å². The fourth-order valence-electron chi connectivity index (χ4n) is 1.41. The molecule has 0 fully saturated rings. The Morgan fingerprint density at radius 2 is 2.00 bits per heavy atom. The van der Waals surface area contributed by atoms with Gasteiger partial charge in [0.25, 0.3) is 5.91 Å². The van der Waals surface area contributed by atoms with Crippen molar-refractivity contribution in [2.75, 3.05) is 6.54 Å². The maximum atomic E-state index is 12.7. The van der Waals surface area contributed by atoms with Gasteiger partial charge >= 0.3 is 5.97 Å². The standard InChI is InChI=1S/C12H15FN2O3/c1-12(2,3)15(7-10(16)17)11(18)8-4-5-9(13)14-6-8/h4-6H,7H2,1-3H3,(H,16,17). The lowest BCUT2D eigenvalue weighted by molar-refractivity contribution is -0.138. The van der Waals surface area contributed by atoms with Crippen LogP contribution in [0.3, 0.4) is 0 Å². The minimum absolute atomic E-state index is 0.160. The van der Waals surface area contributed by atoms with Crippen LogP contribution < -0.4 is 0 Å². The molecule has 0 saturated heterocycles. The second kappa shape index (κ2) is 5.12. The summed E-state index contributed by atoms with van der Waals surface area (Å²) < 4.78 is 12.7. The topological polar surface area (TPSA) is 70.5 Å². The van der Waals surface area contributed by atoms with Gasteiger partial charge in [-0.25, -0.2) is 4.98 Å². The van der Waals surface area contributed by atoms with Crippen LogP contribution in [-0.2, 0) is 4.79 Å². The molecule has 5 nitrogen and oxygen atoms in total. The van der Waals surface area contributed by atoms with Gasteiger partial charge in [-0.05, 0) is 32.9 Å². The van der Waals surface area contributed by atoms with Crippen molar-refractivity contribution in [3.05, 3.63) is 29.8 Å². The Labute approximate surface area is 104 Å². The minimum Gasteiger partial charge on any atom is -0.480 e. The predicted molar refractivity (Wildman–Crippen MR) is 62.6 cm³/mol. The van der Waals surface area contributed by atoms with E-state index in [9.17, 15) is 14.0 Å². The zero-order valence-corrected chi connectivity index (χ0v) is 10.5. The molecule has 0 bridgehead atoms. The van der Waals surface area contributed by atoms with E-state index in [0.29, 0.717) is 0 Å². The molecule has 1 aromatic heterocycles. The number of aliphatic carboxylic acids is 1. The van der Waals surface area contributed by atoms with Gasteiger partial charge in [-0.2, -0.15) is 4.39 Å². The van der Waals surface area contributed by atoms with Crippen LogP contribution >= 0.6 is 0 Å². The van der Waals surface area contributed by atoms with Crippen LogP contribution in [0.2, 0.25) is 0 Å². The van der Waals surface area contributed by atoms with E-state index in [1.165, 1.54) is 11.0 Å². The summed E-state index contributed by atoms with van der Waals surface area (Å²) >= 11 is 0. The Balaban J connectivity index is 3.02. The molecule has 0 spiro atoms. The zero-order valence-electron chi connectivity index (χ0n) is 10.5. The van der Waals surface area contributed by atoms with Gasteiger partial charge in [0.05, 0.1) is 5.56 Å². The lowest BCUT2D eigenvalue weighted by Crippen LogP contribution is -2.48. The minimum atomic E-state index is -1.10. The summed E-state index contributed by atoms with van der Waals surface area (Å²) in [5.74, 6) is -2.28. The third-order valence-corrected chi connectivity index (χ3v) is 2.32. The normalized spacial score (nSPS) is 11.1. The number of carbonyl (C=O) groups is 2. The van der Waals surface area contributed by atoms with Gasteiger partial charge in [0.1, 0.15) is 6.54 Å². The van der Waals surface area contributed by atoms with Crippen molar-refractivity contribution in [2.45, 2.75) is 26.3 Å². The number of amides is 1. The molecule has 0 aliphatic heterocycles. The van der Waals surface area contributed by atoms with Crippen LogP contribution in [0.1, 0.15) is 31.1 Å². The Kier molecular flexibility index (Phi) is 4.00. The quantitative estimate of drug-likeness (QED) is 0.831. The number of hydrogen-bond acceptors (Lipinski definition) is 3. The average Bonchev–Trinajstić information content (AvgIpc) is 2.24. The second-order valence-electron chi connectivity index (χ2n) is 4.83. The molecule has 0 radical (unpaired) electrons. The van der Waals surface area contributed by atoms with Gasteiger partial charge in [-0.3, -0.25) is 9.59 Å². The first kappa shape index (κ1) is 14.1. The molecular formula is C12H15FN2O3. The Bertz CT molecular complexity index is 451. The van der Waals surface area contributed by atoms with E-state index < -0.39 is 29.9 Å². The van der Waals surface area contributed by atoms with Crippen LogP contribution in [0.4, 0.5) is 4.39 Å². The molecule has 0 aromatic carbocycles. The smallest absolute Gasteiger partial charge is 0.323 e. The molecule has 0 aliphatic rings. The summed E-state index contributed by atoms with van der Waals surface area (Å²) in [6.45, 7) is 4.76. The largest absolute Gasteiger partial charge is 0.480 e. The third-order valence-electron chi connectivity index (χ3n) is 2.32. The number of nitrogens with zero attached hydrogens (tertiary/aromatic N) is 2. The lowest BCUT2D eigenvalue weighted by Gasteiger charge is -2.34. The molecule has 1 N–H and O–H groups in total. The number of carboxylic acids is 1. The number of halogens is 1. The number of rotatable bonds is 3. The van der Waals surface area contributed by atoms with E-state index in [1.54, 1.807) is 20.8 Å². The van der Waals surface area contributed by atoms with Crippen molar-refractivity contribution < 1.29 is 19.1 Å².